The van der Waals surface area contributed by atoms with Crippen molar-refractivity contribution in [3.8, 4) is 5.75 Å². The molecule has 4 heteroatoms. The maximum atomic E-state index is 6.18. The van der Waals surface area contributed by atoms with Crippen molar-refractivity contribution in [3.63, 3.8) is 0 Å². The quantitative estimate of drug-likeness (QED) is 0.540. The number of unbranched alkanes of at least 4 members (excludes halogenated alkanes) is 2. The Hall–Kier alpha value is -0.250. The first-order valence-corrected chi connectivity index (χ1v) is 8.39. The van der Waals surface area contributed by atoms with E-state index in [0.717, 1.165) is 42.2 Å². The fraction of sp³-hybridized carbons (Fsp3) is 0.600. The van der Waals surface area contributed by atoms with Crippen LogP contribution in [0.5, 0.6) is 5.75 Å². The zero-order valence-electron chi connectivity index (χ0n) is 11.4. The van der Waals surface area contributed by atoms with Crippen LogP contribution in [0.2, 0.25) is 5.02 Å². The molecule has 1 heterocycles. The molecule has 2 rings (SSSR count). The van der Waals surface area contributed by atoms with E-state index in [-0.39, 0.29) is 0 Å². The highest BCUT2D eigenvalue weighted by Crippen LogP contribution is 2.33. The standard InChI is InChI=1S/C15H21BrClNO/c1-18(7-4-2-3-6-16)11-13-10-14(17)9-12-5-8-19-15(12)13/h9-10H,2-8,11H2,1H3. The van der Waals surface area contributed by atoms with E-state index in [9.17, 15) is 0 Å². The zero-order valence-corrected chi connectivity index (χ0v) is 13.8. The molecule has 0 radical (unpaired) electrons. The molecule has 0 fully saturated rings. The monoisotopic (exact) mass is 345 g/mol. The number of benzene rings is 1. The van der Waals surface area contributed by atoms with Crippen molar-refractivity contribution in [3.05, 3.63) is 28.3 Å². The van der Waals surface area contributed by atoms with E-state index in [2.05, 4.69) is 27.9 Å². The smallest absolute Gasteiger partial charge is 0.127 e. The van der Waals surface area contributed by atoms with Gasteiger partial charge < -0.3 is 9.64 Å². The molecule has 0 N–H and O–H groups in total. The lowest BCUT2D eigenvalue weighted by Crippen LogP contribution is -2.19. The molecule has 1 aromatic rings. The summed E-state index contributed by atoms with van der Waals surface area (Å²) in [6.07, 6.45) is 4.76. The number of fused-ring (bicyclic) bond motifs is 1. The second-order valence-electron chi connectivity index (χ2n) is 5.14. The average Bonchev–Trinajstić information content (AvgIpc) is 2.82. The van der Waals surface area contributed by atoms with Gasteiger partial charge in [0.2, 0.25) is 0 Å². The molecule has 0 amide bonds. The Morgan fingerprint density at radius 1 is 1.32 bits per heavy atom. The fourth-order valence-electron chi connectivity index (χ4n) is 2.49. The van der Waals surface area contributed by atoms with E-state index in [0.29, 0.717) is 0 Å². The third-order valence-electron chi connectivity index (χ3n) is 3.44. The number of hydrogen-bond donors (Lipinski definition) is 0. The van der Waals surface area contributed by atoms with Crippen LogP contribution in [0.4, 0.5) is 0 Å². The van der Waals surface area contributed by atoms with Crippen LogP contribution >= 0.6 is 27.5 Å². The Balaban J connectivity index is 1.92. The third-order valence-corrected chi connectivity index (χ3v) is 4.22. The van der Waals surface area contributed by atoms with E-state index in [1.165, 1.54) is 30.4 Å². The van der Waals surface area contributed by atoms with Crippen molar-refractivity contribution in [2.75, 3.05) is 25.5 Å². The zero-order chi connectivity index (χ0) is 13.7. The first-order chi connectivity index (χ1) is 9.20. The number of halogens is 2. The minimum atomic E-state index is 0.789. The summed E-state index contributed by atoms with van der Waals surface area (Å²) in [6.45, 7) is 2.82. The predicted molar refractivity (Wildman–Crippen MR) is 84.6 cm³/mol. The normalized spacial score (nSPS) is 13.7. The highest BCUT2D eigenvalue weighted by Gasteiger charge is 2.18. The van der Waals surface area contributed by atoms with E-state index in [1.54, 1.807) is 0 Å². The van der Waals surface area contributed by atoms with Gasteiger partial charge in [-0.1, -0.05) is 34.0 Å². The highest BCUT2D eigenvalue weighted by atomic mass is 79.9. The van der Waals surface area contributed by atoms with Crippen LogP contribution in [0.3, 0.4) is 0 Å². The van der Waals surface area contributed by atoms with Gasteiger partial charge >= 0.3 is 0 Å². The lowest BCUT2D eigenvalue weighted by molar-refractivity contribution is 0.304. The Morgan fingerprint density at radius 3 is 2.95 bits per heavy atom. The summed E-state index contributed by atoms with van der Waals surface area (Å²) in [5.74, 6) is 1.07. The Kier molecular flexibility index (Phi) is 5.99. The SMILES string of the molecule is CN(CCCCCBr)Cc1cc(Cl)cc2c1OCC2. The molecule has 1 aliphatic rings. The van der Waals surface area contributed by atoms with Crippen molar-refractivity contribution in [1.29, 1.82) is 0 Å². The molecule has 106 valence electrons. The average molecular weight is 347 g/mol. The molecule has 0 bridgehead atoms. The van der Waals surface area contributed by atoms with Gasteiger partial charge in [0, 0.05) is 28.9 Å². The maximum Gasteiger partial charge on any atom is 0.127 e. The number of rotatable bonds is 7. The molecular weight excluding hydrogens is 326 g/mol. The van der Waals surface area contributed by atoms with Crippen LogP contribution in [0.15, 0.2) is 12.1 Å². The molecule has 0 aromatic heterocycles. The molecule has 0 unspecified atom stereocenters. The minimum absolute atomic E-state index is 0.789. The van der Waals surface area contributed by atoms with E-state index in [1.807, 2.05) is 12.1 Å². The Bertz CT molecular complexity index is 425. The number of hydrogen-bond acceptors (Lipinski definition) is 2. The fourth-order valence-corrected chi connectivity index (χ4v) is 3.15. The molecular formula is C15H21BrClNO. The first kappa shape index (κ1) is 15.1. The Morgan fingerprint density at radius 2 is 2.16 bits per heavy atom. The van der Waals surface area contributed by atoms with Crippen molar-refractivity contribution in [2.45, 2.75) is 32.2 Å². The van der Waals surface area contributed by atoms with Gasteiger partial charge in [0.15, 0.2) is 0 Å². The van der Waals surface area contributed by atoms with E-state index in [4.69, 9.17) is 16.3 Å². The molecule has 0 aliphatic carbocycles. The molecule has 0 spiro atoms. The van der Waals surface area contributed by atoms with Crippen LogP contribution in [-0.4, -0.2) is 30.4 Å². The molecule has 1 aromatic carbocycles. The molecule has 0 saturated carbocycles. The van der Waals surface area contributed by atoms with Crippen molar-refractivity contribution >= 4 is 27.5 Å². The van der Waals surface area contributed by atoms with E-state index >= 15 is 0 Å². The number of alkyl halides is 1. The van der Waals surface area contributed by atoms with Gasteiger partial charge in [0.25, 0.3) is 0 Å². The summed E-state index contributed by atoms with van der Waals surface area (Å²) in [5, 5.41) is 1.93. The lowest BCUT2D eigenvalue weighted by Gasteiger charge is -2.18. The van der Waals surface area contributed by atoms with Crippen LogP contribution in [0.1, 0.15) is 30.4 Å². The molecule has 19 heavy (non-hydrogen) atoms. The lowest BCUT2D eigenvalue weighted by atomic mass is 10.1. The summed E-state index contributed by atoms with van der Waals surface area (Å²) >= 11 is 9.65. The van der Waals surface area contributed by atoms with Crippen molar-refractivity contribution in [2.24, 2.45) is 0 Å². The molecule has 0 atom stereocenters. The largest absolute Gasteiger partial charge is 0.493 e. The van der Waals surface area contributed by atoms with Crippen LogP contribution in [0.25, 0.3) is 0 Å². The summed E-state index contributed by atoms with van der Waals surface area (Å²) in [4.78, 5) is 2.35. The van der Waals surface area contributed by atoms with Crippen LogP contribution in [-0.2, 0) is 13.0 Å². The number of ether oxygens (including phenoxy) is 1. The topological polar surface area (TPSA) is 12.5 Å². The van der Waals surface area contributed by atoms with Gasteiger partial charge in [-0.2, -0.15) is 0 Å². The van der Waals surface area contributed by atoms with Gasteiger partial charge in [-0.05, 0) is 44.1 Å². The second kappa shape index (κ2) is 7.51. The third kappa shape index (κ3) is 4.37. The Labute approximate surface area is 129 Å². The van der Waals surface area contributed by atoms with E-state index < -0.39 is 0 Å². The van der Waals surface area contributed by atoms with Crippen molar-refractivity contribution in [1.82, 2.24) is 4.90 Å². The van der Waals surface area contributed by atoms with Crippen LogP contribution < -0.4 is 4.74 Å². The van der Waals surface area contributed by atoms with Gasteiger partial charge in [-0.15, -0.1) is 0 Å². The van der Waals surface area contributed by atoms with Gasteiger partial charge in [0.1, 0.15) is 5.75 Å². The summed E-state index contributed by atoms with van der Waals surface area (Å²) in [7, 11) is 2.16. The summed E-state index contributed by atoms with van der Waals surface area (Å²) in [6, 6.07) is 4.07. The van der Waals surface area contributed by atoms with Crippen LogP contribution in [0, 0.1) is 0 Å². The molecule has 2 nitrogen and oxygen atoms in total. The van der Waals surface area contributed by atoms with Gasteiger partial charge in [-0.3, -0.25) is 0 Å². The minimum Gasteiger partial charge on any atom is -0.493 e. The second-order valence-corrected chi connectivity index (χ2v) is 6.37. The first-order valence-electron chi connectivity index (χ1n) is 6.89. The summed E-state index contributed by atoms with van der Waals surface area (Å²) < 4.78 is 5.74. The maximum absolute atomic E-state index is 6.18. The number of nitrogens with zero attached hydrogens (tertiary/aromatic N) is 1. The summed E-state index contributed by atoms with van der Waals surface area (Å²) in [5.41, 5.74) is 2.48. The van der Waals surface area contributed by atoms with Gasteiger partial charge in [-0.25, -0.2) is 0 Å². The van der Waals surface area contributed by atoms with Gasteiger partial charge in [0.05, 0.1) is 6.61 Å². The highest BCUT2D eigenvalue weighted by molar-refractivity contribution is 9.09. The molecule has 1 aliphatic heterocycles. The predicted octanol–water partition coefficient (Wildman–Crippen LogP) is 4.27. The van der Waals surface area contributed by atoms with Crippen molar-refractivity contribution < 1.29 is 4.74 Å². The molecule has 0 saturated heterocycles.